The van der Waals surface area contributed by atoms with Crippen LogP contribution in [0.5, 0.6) is 0 Å². The van der Waals surface area contributed by atoms with Crippen molar-refractivity contribution < 1.29 is 0 Å². The van der Waals surface area contributed by atoms with Crippen LogP contribution in [0.1, 0.15) is 66.0 Å². The van der Waals surface area contributed by atoms with Gasteiger partial charge in [-0.2, -0.15) is 0 Å². The lowest BCUT2D eigenvalue weighted by molar-refractivity contribution is 0.434. The van der Waals surface area contributed by atoms with E-state index in [1.54, 1.807) is 0 Å². The zero-order valence-corrected chi connectivity index (χ0v) is 18.6. The Bertz CT molecular complexity index is 929. The van der Waals surface area contributed by atoms with Gasteiger partial charge in [0, 0.05) is 5.69 Å². The lowest BCUT2D eigenvalue weighted by atomic mass is 9.74. The first-order valence-electron chi connectivity index (χ1n) is 10.4. The molecule has 148 valence electrons. The molecule has 1 aliphatic rings. The molecule has 1 nitrogen and oxygen atoms in total. The number of hydrogen-bond acceptors (Lipinski definition) is 1. The first-order chi connectivity index (χ1) is 12.9. The summed E-state index contributed by atoms with van der Waals surface area (Å²) >= 11 is 0. The van der Waals surface area contributed by atoms with Gasteiger partial charge in [-0.15, -0.1) is 0 Å². The van der Waals surface area contributed by atoms with Crippen molar-refractivity contribution in [3.8, 4) is 11.1 Å². The van der Waals surface area contributed by atoms with Gasteiger partial charge in [0.15, 0.2) is 0 Å². The monoisotopic (exact) mass is 373 g/mol. The molecule has 1 unspecified atom stereocenters. The molecule has 2 N–H and O–H groups in total. The van der Waals surface area contributed by atoms with E-state index in [2.05, 4.69) is 103 Å². The molecule has 0 bridgehead atoms. The summed E-state index contributed by atoms with van der Waals surface area (Å²) in [4.78, 5) is 0. The summed E-state index contributed by atoms with van der Waals surface area (Å²) in [6.45, 7) is 16.0. The first-order valence-corrected chi connectivity index (χ1v) is 10.4. The molecule has 0 aromatic heterocycles. The predicted molar refractivity (Wildman–Crippen MR) is 124 cm³/mol. The van der Waals surface area contributed by atoms with Crippen LogP contribution >= 0.6 is 0 Å². The topological polar surface area (TPSA) is 26.0 Å². The Morgan fingerprint density at radius 1 is 0.821 bits per heavy atom. The van der Waals surface area contributed by atoms with Gasteiger partial charge >= 0.3 is 0 Å². The maximum Gasteiger partial charge on any atom is 0.0326 e. The molecule has 1 aliphatic carbocycles. The number of allylic oxidation sites excluding steroid dienone is 4. The minimum atomic E-state index is 0.131. The van der Waals surface area contributed by atoms with E-state index in [9.17, 15) is 0 Å². The van der Waals surface area contributed by atoms with Crippen molar-refractivity contribution in [2.24, 2.45) is 11.3 Å². The minimum absolute atomic E-state index is 0.131. The number of anilines is 1. The molecule has 0 fully saturated rings. The highest BCUT2D eigenvalue weighted by molar-refractivity contribution is 5.82. The Kier molecular flexibility index (Phi) is 5.32. The molecule has 0 saturated heterocycles. The summed E-state index contributed by atoms with van der Waals surface area (Å²) in [5.74, 6) is 0.591. The quantitative estimate of drug-likeness (QED) is 0.538. The molecule has 0 aliphatic heterocycles. The molecule has 0 spiro atoms. The Balaban J connectivity index is 2.05. The van der Waals surface area contributed by atoms with Gasteiger partial charge in [0.25, 0.3) is 0 Å². The predicted octanol–water partition coefficient (Wildman–Crippen LogP) is 7.63. The van der Waals surface area contributed by atoms with E-state index >= 15 is 0 Å². The highest BCUT2D eigenvalue weighted by Crippen LogP contribution is 2.40. The maximum atomic E-state index is 6.33. The van der Waals surface area contributed by atoms with Crippen molar-refractivity contribution in [1.29, 1.82) is 0 Å². The Morgan fingerprint density at radius 3 is 2.14 bits per heavy atom. The van der Waals surface area contributed by atoms with Crippen molar-refractivity contribution in [2.75, 3.05) is 5.73 Å². The van der Waals surface area contributed by atoms with E-state index in [0.717, 1.165) is 12.1 Å². The lowest BCUT2D eigenvalue weighted by Gasteiger charge is -2.31. The second-order valence-corrected chi connectivity index (χ2v) is 10.3. The van der Waals surface area contributed by atoms with Gasteiger partial charge in [-0.3, -0.25) is 0 Å². The molecular formula is C27H35N. The van der Waals surface area contributed by atoms with Crippen molar-refractivity contribution in [3.63, 3.8) is 0 Å². The van der Waals surface area contributed by atoms with Gasteiger partial charge in [-0.05, 0) is 69.2 Å². The molecule has 0 saturated carbocycles. The van der Waals surface area contributed by atoms with Gasteiger partial charge < -0.3 is 5.73 Å². The highest BCUT2D eigenvalue weighted by Gasteiger charge is 2.25. The fourth-order valence-electron chi connectivity index (χ4n) is 4.11. The van der Waals surface area contributed by atoms with Crippen LogP contribution in [0, 0.1) is 11.3 Å². The molecule has 0 heterocycles. The molecule has 0 amide bonds. The van der Waals surface area contributed by atoms with Crippen LogP contribution in [0.15, 0.2) is 60.2 Å². The first kappa shape index (κ1) is 20.5. The van der Waals surface area contributed by atoms with Crippen molar-refractivity contribution >= 4 is 11.3 Å². The smallest absolute Gasteiger partial charge is 0.0326 e. The van der Waals surface area contributed by atoms with Crippen molar-refractivity contribution in [3.05, 3.63) is 71.3 Å². The van der Waals surface area contributed by atoms with E-state index < -0.39 is 0 Å². The van der Waals surface area contributed by atoms with E-state index in [-0.39, 0.29) is 10.8 Å². The summed E-state index contributed by atoms with van der Waals surface area (Å²) < 4.78 is 0. The summed E-state index contributed by atoms with van der Waals surface area (Å²) in [6.07, 6.45) is 5.84. The number of benzene rings is 2. The average Bonchev–Trinajstić information content (AvgIpc) is 2.60. The van der Waals surface area contributed by atoms with Gasteiger partial charge in [0.05, 0.1) is 0 Å². The van der Waals surface area contributed by atoms with Crippen LogP contribution in [-0.2, 0) is 5.41 Å². The third-order valence-corrected chi connectivity index (χ3v) is 5.75. The Hall–Kier alpha value is -2.28. The van der Waals surface area contributed by atoms with Crippen molar-refractivity contribution in [2.45, 2.75) is 60.3 Å². The van der Waals surface area contributed by atoms with E-state index in [1.165, 1.54) is 33.4 Å². The van der Waals surface area contributed by atoms with Gasteiger partial charge in [-0.25, -0.2) is 0 Å². The minimum Gasteiger partial charge on any atom is -0.399 e. The summed E-state index contributed by atoms with van der Waals surface area (Å²) in [7, 11) is 0. The molecule has 0 radical (unpaired) electrons. The molecule has 1 heteroatoms. The normalized spacial score (nSPS) is 17.9. The molecule has 3 rings (SSSR count). The fraction of sp³-hybridized carbons (Fsp3) is 0.407. The highest BCUT2D eigenvalue weighted by atomic mass is 14.5. The lowest BCUT2D eigenvalue weighted by Crippen LogP contribution is -2.18. The summed E-state index contributed by atoms with van der Waals surface area (Å²) in [6, 6.07) is 15.3. The van der Waals surface area contributed by atoms with E-state index in [0.29, 0.717) is 5.92 Å². The summed E-state index contributed by atoms with van der Waals surface area (Å²) in [5.41, 5.74) is 15.2. The van der Waals surface area contributed by atoms with Gasteiger partial charge in [0.2, 0.25) is 0 Å². The number of rotatable bonds is 2. The number of nitrogens with two attached hydrogens (primary N) is 1. The largest absolute Gasteiger partial charge is 0.399 e. The molecular weight excluding hydrogens is 338 g/mol. The molecule has 2 aromatic rings. The van der Waals surface area contributed by atoms with Crippen LogP contribution in [0.25, 0.3) is 16.7 Å². The zero-order valence-electron chi connectivity index (χ0n) is 18.6. The second kappa shape index (κ2) is 7.28. The molecule has 1 atom stereocenters. The molecule has 28 heavy (non-hydrogen) atoms. The van der Waals surface area contributed by atoms with E-state index in [4.69, 9.17) is 5.73 Å². The van der Waals surface area contributed by atoms with Crippen LogP contribution in [0.4, 0.5) is 5.69 Å². The second-order valence-electron chi connectivity index (χ2n) is 10.3. The zero-order chi connectivity index (χ0) is 20.7. The van der Waals surface area contributed by atoms with Crippen LogP contribution in [0.3, 0.4) is 0 Å². The Labute approximate surface area is 171 Å². The van der Waals surface area contributed by atoms with Crippen LogP contribution < -0.4 is 5.73 Å². The number of hydrogen-bond donors (Lipinski definition) is 1. The van der Waals surface area contributed by atoms with Gasteiger partial charge in [0.1, 0.15) is 0 Å². The van der Waals surface area contributed by atoms with E-state index in [1.807, 2.05) is 0 Å². The summed E-state index contributed by atoms with van der Waals surface area (Å²) in [5, 5.41) is 0. The third kappa shape index (κ3) is 4.41. The molecule has 2 aromatic carbocycles. The standard InChI is InChI=1S/C27H35N/c1-18-11-12-20(17-25(18)27(5,6)7)22-13-21(15-24(28)16-22)19-9-8-10-23(14-19)26(2,3)4/h8-10,12-18H,11,28H2,1-7H3. The SMILES string of the molecule is CC1CC=C(c2cc(N)cc(-c3cccc(C(C)(C)C)c3)c2)C=C1C(C)(C)C. The number of nitrogen functional groups attached to an aromatic ring is 1. The fourth-order valence-corrected chi connectivity index (χ4v) is 4.11. The maximum absolute atomic E-state index is 6.33. The van der Waals surface area contributed by atoms with Crippen molar-refractivity contribution in [1.82, 2.24) is 0 Å². The van der Waals surface area contributed by atoms with Gasteiger partial charge in [-0.1, -0.05) is 90.5 Å². The Morgan fingerprint density at radius 2 is 1.50 bits per heavy atom. The van der Waals surface area contributed by atoms with Crippen LogP contribution in [-0.4, -0.2) is 0 Å². The average molecular weight is 374 g/mol. The third-order valence-electron chi connectivity index (χ3n) is 5.75. The van der Waals surface area contributed by atoms with Crippen LogP contribution in [0.2, 0.25) is 0 Å².